The topological polar surface area (TPSA) is 55.1 Å². The first-order valence-corrected chi connectivity index (χ1v) is 6.28. The number of hydrogen-bond acceptors (Lipinski definition) is 2. The van der Waals surface area contributed by atoms with Gasteiger partial charge in [0.1, 0.15) is 0 Å². The van der Waals surface area contributed by atoms with Crippen LogP contribution in [0.15, 0.2) is 43.0 Å². The van der Waals surface area contributed by atoms with E-state index in [1.54, 1.807) is 6.08 Å². The molecule has 98 valence electrons. The number of benzene rings is 1. The van der Waals surface area contributed by atoms with Gasteiger partial charge in [-0.1, -0.05) is 50.3 Å². The van der Waals surface area contributed by atoms with Gasteiger partial charge in [-0.05, 0) is 17.9 Å². The second-order valence-electron chi connectivity index (χ2n) is 4.77. The van der Waals surface area contributed by atoms with Gasteiger partial charge >= 0.3 is 0 Å². The lowest BCUT2D eigenvalue weighted by Gasteiger charge is -2.22. The Bertz CT molecular complexity index is 387. The van der Waals surface area contributed by atoms with Gasteiger partial charge in [0, 0.05) is 0 Å². The Morgan fingerprint density at radius 2 is 2.00 bits per heavy atom. The summed E-state index contributed by atoms with van der Waals surface area (Å²) in [6.45, 7) is 7.61. The maximum absolute atomic E-state index is 12.0. The van der Waals surface area contributed by atoms with Gasteiger partial charge in [-0.3, -0.25) is 4.79 Å². The van der Waals surface area contributed by atoms with Gasteiger partial charge in [0.15, 0.2) is 0 Å². The van der Waals surface area contributed by atoms with Gasteiger partial charge in [-0.15, -0.1) is 6.58 Å². The number of nitrogens with one attached hydrogen (secondary N) is 1. The van der Waals surface area contributed by atoms with Crippen molar-refractivity contribution in [3.63, 3.8) is 0 Å². The maximum atomic E-state index is 12.0. The van der Waals surface area contributed by atoms with Crippen LogP contribution in [0.1, 0.15) is 31.9 Å². The van der Waals surface area contributed by atoms with Crippen molar-refractivity contribution in [2.24, 2.45) is 11.7 Å². The molecule has 0 aliphatic rings. The second kappa shape index (κ2) is 6.97. The minimum absolute atomic E-state index is 0.0546. The minimum Gasteiger partial charge on any atom is -0.348 e. The van der Waals surface area contributed by atoms with Crippen molar-refractivity contribution < 1.29 is 4.79 Å². The van der Waals surface area contributed by atoms with Gasteiger partial charge in [0.05, 0.1) is 12.1 Å². The summed E-state index contributed by atoms with van der Waals surface area (Å²) in [6, 6.07) is 9.34. The maximum Gasteiger partial charge on any atom is 0.237 e. The molecule has 0 aliphatic carbocycles. The van der Waals surface area contributed by atoms with Crippen molar-refractivity contribution in [3.8, 4) is 0 Å². The van der Waals surface area contributed by atoms with E-state index >= 15 is 0 Å². The molecule has 0 fully saturated rings. The summed E-state index contributed by atoms with van der Waals surface area (Å²) in [6.07, 6.45) is 2.50. The minimum atomic E-state index is -0.471. The Hall–Kier alpha value is -1.61. The number of hydrogen-bond donors (Lipinski definition) is 2. The summed E-state index contributed by atoms with van der Waals surface area (Å²) in [7, 11) is 0. The SMILES string of the molecule is C=CCC(NC(=O)[C@@H](N)C(C)C)c1ccccc1. The second-order valence-corrected chi connectivity index (χ2v) is 4.77. The molecular formula is C15H22N2O. The van der Waals surface area contributed by atoms with E-state index < -0.39 is 6.04 Å². The molecule has 0 saturated carbocycles. The Morgan fingerprint density at radius 3 is 2.50 bits per heavy atom. The summed E-state index contributed by atoms with van der Waals surface area (Å²) >= 11 is 0. The molecule has 1 unspecified atom stereocenters. The van der Waals surface area contributed by atoms with Crippen LogP contribution >= 0.6 is 0 Å². The van der Waals surface area contributed by atoms with Crippen molar-refractivity contribution in [1.82, 2.24) is 5.32 Å². The van der Waals surface area contributed by atoms with E-state index in [9.17, 15) is 4.79 Å². The molecule has 3 N–H and O–H groups in total. The lowest BCUT2D eigenvalue weighted by Crippen LogP contribution is -2.45. The number of carbonyl (C=O) groups excluding carboxylic acids is 1. The molecular weight excluding hydrogens is 224 g/mol. The molecule has 3 nitrogen and oxygen atoms in total. The molecule has 0 aliphatic heterocycles. The van der Waals surface area contributed by atoms with Crippen LogP contribution in [0.2, 0.25) is 0 Å². The lowest BCUT2D eigenvalue weighted by molar-refractivity contribution is -0.124. The molecule has 0 saturated heterocycles. The average Bonchev–Trinajstić information content (AvgIpc) is 2.38. The molecule has 0 radical (unpaired) electrons. The standard InChI is InChI=1S/C15H22N2O/c1-4-8-13(12-9-6-5-7-10-12)17-15(18)14(16)11(2)3/h4-7,9-11,13-14H,1,8,16H2,2-3H3,(H,17,18)/t13?,14-/m0/s1. The van der Waals surface area contributed by atoms with Crippen LogP contribution in [0.4, 0.5) is 0 Å². The van der Waals surface area contributed by atoms with Crippen LogP contribution in [0.25, 0.3) is 0 Å². The van der Waals surface area contributed by atoms with Crippen LogP contribution < -0.4 is 11.1 Å². The number of nitrogens with two attached hydrogens (primary N) is 1. The van der Waals surface area contributed by atoms with Gasteiger partial charge in [-0.25, -0.2) is 0 Å². The normalized spacial score (nSPS) is 14.0. The van der Waals surface area contributed by atoms with E-state index in [-0.39, 0.29) is 17.9 Å². The fraction of sp³-hybridized carbons (Fsp3) is 0.400. The molecule has 0 bridgehead atoms. The van der Waals surface area contributed by atoms with E-state index in [1.807, 2.05) is 44.2 Å². The van der Waals surface area contributed by atoms with Gasteiger partial charge in [0.25, 0.3) is 0 Å². The number of carbonyl (C=O) groups is 1. The quantitative estimate of drug-likeness (QED) is 0.757. The van der Waals surface area contributed by atoms with E-state index in [1.165, 1.54) is 0 Å². The fourth-order valence-electron chi connectivity index (χ4n) is 1.70. The summed E-state index contributed by atoms with van der Waals surface area (Å²) in [5, 5.41) is 2.98. The Morgan fingerprint density at radius 1 is 1.39 bits per heavy atom. The smallest absolute Gasteiger partial charge is 0.237 e. The van der Waals surface area contributed by atoms with Crippen LogP contribution in [0.3, 0.4) is 0 Å². The predicted octanol–water partition coefficient (Wildman–Crippen LogP) is 2.40. The molecule has 1 rings (SSSR count). The van der Waals surface area contributed by atoms with Crippen LogP contribution in [-0.2, 0) is 4.79 Å². The number of amides is 1. The fourth-order valence-corrected chi connectivity index (χ4v) is 1.70. The molecule has 2 atom stereocenters. The van der Waals surface area contributed by atoms with Crippen molar-refractivity contribution in [1.29, 1.82) is 0 Å². The van der Waals surface area contributed by atoms with Crippen LogP contribution in [0, 0.1) is 5.92 Å². The first kappa shape index (κ1) is 14.5. The lowest BCUT2D eigenvalue weighted by atomic mass is 10.0. The molecule has 0 spiro atoms. The van der Waals surface area contributed by atoms with Crippen LogP contribution in [-0.4, -0.2) is 11.9 Å². The number of rotatable bonds is 6. The van der Waals surface area contributed by atoms with E-state index in [0.717, 1.165) is 5.56 Å². The summed E-state index contributed by atoms with van der Waals surface area (Å²) in [5.41, 5.74) is 6.92. The van der Waals surface area contributed by atoms with Crippen molar-refractivity contribution in [2.45, 2.75) is 32.4 Å². The third kappa shape index (κ3) is 4.00. The predicted molar refractivity (Wildman–Crippen MR) is 75.0 cm³/mol. The largest absolute Gasteiger partial charge is 0.348 e. The molecule has 1 aromatic rings. The Labute approximate surface area is 109 Å². The zero-order valence-corrected chi connectivity index (χ0v) is 11.1. The third-order valence-electron chi connectivity index (χ3n) is 2.94. The van der Waals surface area contributed by atoms with E-state index in [2.05, 4.69) is 11.9 Å². The van der Waals surface area contributed by atoms with Gasteiger partial charge in [0.2, 0.25) is 5.91 Å². The summed E-state index contributed by atoms with van der Waals surface area (Å²) in [5.74, 6) is 0.0193. The first-order chi connectivity index (χ1) is 8.56. The monoisotopic (exact) mass is 246 g/mol. The summed E-state index contributed by atoms with van der Waals surface area (Å²) in [4.78, 5) is 12.0. The Kier molecular flexibility index (Phi) is 5.59. The highest BCUT2D eigenvalue weighted by molar-refractivity contribution is 5.82. The van der Waals surface area contributed by atoms with E-state index in [4.69, 9.17) is 5.73 Å². The summed E-state index contributed by atoms with van der Waals surface area (Å²) < 4.78 is 0. The van der Waals surface area contributed by atoms with Crippen LogP contribution in [0.5, 0.6) is 0 Å². The zero-order chi connectivity index (χ0) is 13.5. The molecule has 3 heteroatoms. The average molecular weight is 246 g/mol. The van der Waals surface area contributed by atoms with Crippen molar-refractivity contribution >= 4 is 5.91 Å². The Balaban J connectivity index is 2.75. The zero-order valence-electron chi connectivity index (χ0n) is 11.1. The van der Waals surface area contributed by atoms with Crippen molar-refractivity contribution in [3.05, 3.63) is 48.6 Å². The first-order valence-electron chi connectivity index (χ1n) is 6.28. The molecule has 1 aromatic carbocycles. The van der Waals surface area contributed by atoms with Gasteiger partial charge < -0.3 is 11.1 Å². The molecule has 1 amide bonds. The third-order valence-corrected chi connectivity index (χ3v) is 2.94. The molecule has 0 heterocycles. The highest BCUT2D eigenvalue weighted by Gasteiger charge is 2.20. The van der Waals surface area contributed by atoms with Crippen molar-refractivity contribution in [2.75, 3.05) is 0 Å². The highest BCUT2D eigenvalue weighted by Crippen LogP contribution is 2.17. The highest BCUT2D eigenvalue weighted by atomic mass is 16.2. The molecule has 0 aromatic heterocycles. The van der Waals surface area contributed by atoms with Gasteiger partial charge in [-0.2, -0.15) is 0 Å². The molecule has 18 heavy (non-hydrogen) atoms. The van der Waals surface area contributed by atoms with E-state index in [0.29, 0.717) is 6.42 Å².